The highest BCUT2D eigenvalue weighted by atomic mass is 16.4. The first-order valence-corrected chi connectivity index (χ1v) is 4.97. The van der Waals surface area contributed by atoms with Crippen LogP contribution in [0.1, 0.15) is 26.7 Å². The van der Waals surface area contributed by atoms with Crippen molar-refractivity contribution in [2.24, 2.45) is 5.41 Å². The van der Waals surface area contributed by atoms with Crippen molar-refractivity contribution in [3.05, 3.63) is 12.2 Å². The summed E-state index contributed by atoms with van der Waals surface area (Å²) in [5.41, 5.74) is -0.490. The van der Waals surface area contributed by atoms with Gasteiger partial charge in [0.2, 0.25) is 11.8 Å². The zero-order chi connectivity index (χ0) is 12.5. The molecule has 0 unspecified atom stereocenters. The Morgan fingerprint density at radius 1 is 1.38 bits per heavy atom. The molecule has 0 radical (unpaired) electrons. The molecule has 1 rings (SSSR count). The fraction of sp³-hybridized carbons (Fsp3) is 0.545. The minimum Gasteiger partial charge on any atom is -0.478 e. The standard InChI is InChI=1S/C11H15NO4/c1-7(10(15)16)6-12-8(13)4-11(2,3)5-9(12)14/h1,4-6H2,2-3H3,(H,15,16). The molecule has 0 aromatic heterocycles. The second-order valence-electron chi connectivity index (χ2n) is 4.80. The summed E-state index contributed by atoms with van der Waals surface area (Å²) in [6, 6.07) is 0. The Morgan fingerprint density at radius 3 is 2.19 bits per heavy atom. The van der Waals surface area contributed by atoms with Crippen LogP contribution in [0.5, 0.6) is 0 Å². The maximum absolute atomic E-state index is 11.6. The Morgan fingerprint density at radius 2 is 1.81 bits per heavy atom. The smallest absolute Gasteiger partial charge is 0.332 e. The fourth-order valence-electron chi connectivity index (χ4n) is 1.65. The van der Waals surface area contributed by atoms with E-state index in [0.717, 1.165) is 4.90 Å². The van der Waals surface area contributed by atoms with Crippen LogP contribution in [0.25, 0.3) is 0 Å². The third-order valence-electron chi connectivity index (χ3n) is 2.51. The molecule has 88 valence electrons. The lowest BCUT2D eigenvalue weighted by atomic mass is 9.81. The first-order valence-electron chi connectivity index (χ1n) is 4.97. The number of piperidine rings is 1. The molecule has 1 fully saturated rings. The molecule has 0 spiro atoms. The molecule has 1 aliphatic rings. The molecule has 1 N–H and O–H groups in total. The van der Waals surface area contributed by atoms with E-state index in [-0.39, 0.29) is 42.2 Å². The van der Waals surface area contributed by atoms with E-state index in [9.17, 15) is 14.4 Å². The van der Waals surface area contributed by atoms with Crippen LogP contribution in [0.15, 0.2) is 12.2 Å². The Kier molecular flexibility index (Phi) is 3.16. The van der Waals surface area contributed by atoms with E-state index in [2.05, 4.69) is 6.58 Å². The van der Waals surface area contributed by atoms with Crippen LogP contribution < -0.4 is 0 Å². The number of carbonyl (C=O) groups is 3. The lowest BCUT2D eigenvalue weighted by molar-refractivity contribution is -0.151. The van der Waals surface area contributed by atoms with Crippen molar-refractivity contribution in [3.8, 4) is 0 Å². The minimum atomic E-state index is -1.19. The van der Waals surface area contributed by atoms with Crippen LogP contribution in [0.2, 0.25) is 0 Å². The van der Waals surface area contributed by atoms with Crippen molar-refractivity contribution in [1.82, 2.24) is 4.90 Å². The quantitative estimate of drug-likeness (QED) is 0.569. The van der Waals surface area contributed by atoms with Gasteiger partial charge in [-0.2, -0.15) is 0 Å². The van der Waals surface area contributed by atoms with E-state index in [1.165, 1.54) is 0 Å². The number of likely N-dealkylation sites (tertiary alicyclic amines) is 1. The van der Waals surface area contributed by atoms with Crippen LogP contribution in [-0.4, -0.2) is 34.3 Å². The van der Waals surface area contributed by atoms with Crippen LogP contribution in [0, 0.1) is 5.41 Å². The van der Waals surface area contributed by atoms with Gasteiger partial charge in [0.1, 0.15) is 0 Å². The topological polar surface area (TPSA) is 74.7 Å². The normalized spacial score (nSPS) is 19.8. The van der Waals surface area contributed by atoms with Gasteiger partial charge in [0.25, 0.3) is 0 Å². The molecule has 0 saturated carbocycles. The van der Waals surface area contributed by atoms with E-state index >= 15 is 0 Å². The van der Waals surface area contributed by atoms with Crippen LogP contribution in [-0.2, 0) is 14.4 Å². The molecule has 16 heavy (non-hydrogen) atoms. The molecule has 5 nitrogen and oxygen atoms in total. The minimum absolute atomic E-state index is 0.151. The highest BCUT2D eigenvalue weighted by molar-refractivity contribution is 6.00. The summed E-state index contributed by atoms with van der Waals surface area (Å²) in [6.07, 6.45) is 0.511. The number of nitrogens with zero attached hydrogens (tertiary/aromatic N) is 1. The average Bonchev–Trinajstić information content (AvgIpc) is 2.09. The summed E-state index contributed by atoms with van der Waals surface area (Å²) < 4.78 is 0. The Labute approximate surface area is 93.7 Å². The van der Waals surface area contributed by atoms with E-state index in [1.54, 1.807) is 0 Å². The second kappa shape index (κ2) is 4.08. The summed E-state index contributed by atoms with van der Waals surface area (Å²) in [5.74, 6) is -1.85. The van der Waals surface area contributed by atoms with Crippen molar-refractivity contribution >= 4 is 17.8 Å². The first-order chi connectivity index (χ1) is 7.23. The van der Waals surface area contributed by atoms with Crippen molar-refractivity contribution in [2.45, 2.75) is 26.7 Å². The predicted octanol–water partition coefficient (Wildman–Crippen LogP) is 0.802. The second-order valence-corrected chi connectivity index (χ2v) is 4.80. The van der Waals surface area contributed by atoms with Crippen LogP contribution >= 0.6 is 0 Å². The molecule has 0 atom stereocenters. The Hall–Kier alpha value is -1.65. The number of amides is 2. The molecule has 0 aliphatic carbocycles. The third-order valence-corrected chi connectivity index (χ3v) is 2.51. The van der Waals surface area contributed by atoms with Gasteiger partial charge in [-0.05, 0) is 5.41 Å². The van der Waals surface area contributed by atoms with Crippen molar-refractivity contribution in [2.75, 3.05) is 6.54 Å². The van der Waals surface area contributed by atoms with Crippen molar-refractivity contribution in [3.63, 3.8) is 0 Å². The van der Waals surface area contributed by atoms with E-state index in [4.69, 9.17) is 5.11 Å². The first kappa shape index (κ1) is 12.4. The predicted molar refractivity (Wildman–Crippen MR) is 56.5 cm³/mol. The van der Waals surface area contributed by atoms with E-state index < -0.39 is 5.97 Å². The summed E-state index contributed by atoms with van der Waals surface area (Å²) in [4.78, 5) is 34.8. The molecule has 1 aliphatic heterocycles. The van der Waals surface area contributed by atoms with Crippen LogP contribution in [0.3, 0.4) is 0 Å². The largest absolute Gasteiger partial charge is 0.478 e. The number of aliphatic carboxylic acids is 1. The number of carboxylic acids is 1. The zero-order valence-electron chi connectivity index (χ0n) is 9.45. The van der Waals surface area contributed by atoms with Gasteiger partial charge in [-0.3, -0.25) is 14.5 Å². The average molecular weight is 225 g/mol. The van der Waals surface area contributed by atoms with Crippen LogP contribution in [0.4, 0.5) is 0 Å². The summed E-state index contributed by atoms with van der Waals surface area (Å²) in [7, 11) is 0. The molecular formula is C11H15NO4. The number of hydrogen-bond acceptors (Lipinski definition) is 3. The summed E-state index contributed by atoms with van der Waals surface area (Å²) in [6.45, 7) is 6.77. The monoisotopic (exact) mass is 225 g/mol. The lowest BCUT2D eigenvalue weighted by Crippen LogP contribution is -2.47. The number of imide groups is 1. The third kappa shape index (κ3) is 2.68. The van der Waals surface area contributed by atoms with Gasteiger partial charge in [-0.15, -0.1) is 0 Å². The SMILES string of the molecule is C=C(CN1C(=O)CC(C)(C)CC1=O)C(=O)O. The van der Waals surface area contributed by atoms with Crippen molar-refractivity contribution in [1.29, 1.82) is 0 Å². The van der Waals surface area contributed by atoms with Gasteiger partial charge in [0, 0.05) is 18.4 Å². The van der Waals surface area contributed by atoms with Gasteiger partial charge >= 0.3 is 5.97 Å². The number of hydrogen-bond donors (Lipinski definition) is 1. The number of carbonyl (C=O) groups excluding carboxylic acids is 2. The van der Waals surface area contributed by atoms with E-state index in [0.29, 0.717) is 0 Å². The summed E-state index contributed by atoms with van der Waals surface area (Å²) >= 11 is 0. The molecular weight excluding hydrogens is 210 g/mol. The maximum atomic E-state index is 11.6. The fourth-order valence-corrected chi connectivity index (χ4v) is 1.65. The van der Waals surface area contributed by atoms with Gasteiger partial charge in [0.05, 0.1) is 6.54 Å². The van der Waals surface area contributed by atoms with Gasteiger partial charge in [-0.25, -0.2) is 4.79 Å². The highest BCUT2D eigenvalue weighted by Crippen LogP contribution is 2.31. The van der Waals surface area contributed by atoms with E-state index in [1.807, 2.05) is 13.8 Å². The van der Waals surface area contributed by atoms with Gasteiger partial charge in [0.15, 0.2) is 0 Å². The highest BCUT2D eigenvalue weighted by Gasteiger charge is 2.37. The molecule has 5 heteroatoms. The summed E-state index contributed by atoms with van der Waals surface area (Å²) in [5, 5.41) is 8.64. The molecule has 1 saturated heterocycles. The lowest BCUT2D eigenvalue weighted by Gasteiger charge is -2.34. The molecule has 0 bridgehead atoms. The zero-order valence-corrected chi connectivity index (χ0v) is 9.45. The number of carboxylic acid groups (broad SMARTS) is 1. The molecule has 0 aromatic carbocycles. The maximum Gasteiger partial charge on any atom is 0.332 e. The molecule has 2 amide bonds. The number of rotatable bonds is 3. The Bertz CT molecular complexity index is 350. The molecule has 1 heterocycles. The Balaban J connectivity index is 2.76. The molecule has 0 aromatic rings. The van der Waals surface area contributed by atoms with Crippen molar-refractivity contribution < 1.29 is 19.5 Å². The van der Waals surface area contributed by atoms with Gasteiger partial charge < -0.3 is 5.11 Å². The van der Waals surface area contributed by atoms with Gasteiger partial charge in [-0.1, -0.05) is 20.4 Å².